The van der Waals surface area contributed by atoms with Crippen molar-refractivity contribution in [2.24, 2.45) is 7.05 Å². The highest BCUT2D eigenvalue weighted by Gasteiger charge is 2.13. The summed E-state index contributed by atoms with van der Waals surface area (Å²) in [5.74, 6) is 0. The third kappa shape index (κ3) is 2.86. The molecule has 0 spiro atoms. The minimum Gasteiger partial charge on any atom is -0.374 e. The van der Waals surface area contributed by atoms with Crippen molar-refractivity contribution < 1.29 is 4.92 Å². The molecule has 18 heavy (non-hydrogen) atoms. The van der Waals surface area contributed by atoms with E-state index in [1.165, 1.54) is 6.07 Å². The van der Waals surface area contributed by atoms with Gasteiger partial charge in [-0.25, -0.2) is 0 Å². The maximum absolute atomic E-state index is 10.9. The SMILES string of the molecule is Cn1ccc(CNc2ccc(Br)cc2[N+](=O)[O-])n1. The Kier molecular flexibility index (Phi) is 3.61. The standard InChI is InChI=1S/C11H11BrN4O2/c1-15-5-4-9(14-15)7-13-10-3-2-8(12)6-11(10)16(17)18/h2-6,13H,7H2,1H3. The monoisotopic (exact) mass is 310 g/mol. The van der Waals surface area contributed by atoms with Gasteiger partial charge in [-0.15, -0.1) is 0 Å². The first kappa shape index (κ1) is 12.6. The molecule has 0 amide bonds. The molecule has 0 fully saturated rings. The number of anilines is 1. The molecule has 2 rings (SSSR count). The minimum absolute atomic E-state index is 0.0420. The molecule has 0 aliphatic rings. The first-order valence-electron chi connectivity index (χ1n) is 5.22. The summed E-state index contributed by atoms with van der Waals surface area (Å²) < 4.78 is 2.37. The molecule has 2 aromatic rings. The van der Waals surface area contributed by atoms with Crippen LogP contribution >= 0.6 is 15.9 Å². The normalized spacial score (nSPS) is 10.3. The van der Waals surface area contributed by atoms with Gasteiger partial charge < -0.3 is 5.32 Å². The van der Waals surface area contributed by atoms with Crippen molar-refractivity contribution in [2.45, 2.75) is 6.54 Å². The number of aryl methyl sites for hydroxylation is 1. The summed E-state index contributed by atoms with van der Waals surface area (Å²) in [5, 5.41) is 18.1. The van der Waals surface area contributed by atoms with Gasteiger partial charge in [-0.05, 0) is 18.2 Å². The third-order valence-electron chi connectivity index (χ3n) is 2.39. The van der Waals surface area contributed by atoms with E-state index in [-0.39, 0.29) is 5.69 Å². The van der Waals surface area contributed by atoms with E-state index in [2.05, 4.69) is 26.3 Å². The predicted octanol–water partition coefficient (Wildman–Crippen LogP) is 2.70. The lowest BCUT2D eigenvalue weighted by molar-refractivity contribution is -0.384. The molecule has 0 radical (unpaired) electrons. The van der Waals surface area contributed by atoms with Gasteiger partial charge in [0.1, 0.15) is 5.69 Å². The summed E-state index contributed by atoms with van der Waals surface area (Å²) in [6.45, 7) is 0.448. The Morgan fingerprint density at radius 1 is 1.50 bits per heavy atom. The quantitative estimate of drug-likeness (QED) is 0.696. The summed E-state index contributed by atoms with van der Waals surface area (Å²) in [6, 6.07) is 6.76. The van der Waals surface area contributed by atoms with E-state index in [4.69, 9.17) is 0 Å². The van der Waals surface area contributed by atoms with Crippen LogP contribution in [0.2, 0.25) is 0 Å². The lowest BCUT2D eigenvalue weighted by Gasteiger charge is -2.05. The molecule has 1 N–H and O–H groups in total. The maximum atomic E-state index is 10.9. The highest BCUT2D eigenvalue weighted by Crippen LogP contribution is 2.28. The van der Waals surface area contributed by atoms with Crippen LogP contribution in [-0.2, 0) is 13.6 Å². The van der Waals surface area contributed by atoms with Gasteiger partial charge in [0, 0.05) is 23.8 Å². The average molecular weight is 311 g/mol. The number of hydrogen-bond donors (Lipinski definition) is 1. The second kappa shape index (κ2) is 5.18. The van der Waals surface area contributed by atoms with Crippen molar-refractivity contribution in [2.75, 3.05) is 5.32 Å². The van der Waals surface area contributed by atoms with E-state index >= 15 is 0 Å². The number of hydrogen-bond acceptors (Lipinski definition) is 4. The van der Waals surface area contributed by atoms with Crippen LogP contribution < -0.4 is 5.32 Å². The molecule has 0 unspecified atom stereocenters. The van der Waals surface area contributed by atoms with Crippen molar-refractivity contribution in [3.8, 4) is 0 Å². The number of nitro benzene ring substituents is 1. The number of nitrogens with one attached hydrogen (secondary N) is 1. The van der Waals surface area contributed by atoms with Crippen molar-refractivity contribution >= 4 is 27.3 Å². The van der Waals surface area contributed by atoms with Gasteiger partial charge in [0.05, 0.1) is 17.2 Å². The molecule has 0 bridgehead atoms. The molecule has 94 valence electrons. The van der Waals surface area contributed by atoms with Gasteiger partial charge in [0.2, 0.25) is 0 Å². The zero-order valence-corrected chi connectivity index (χ0v) is 11.2. The Bertz CT molecular complexity index is 582. The predicted molar refractivity (Wildman–Crippen MR) is 71.3 cm³/mol. The van der Waals surface area contributed by atoms with E-state index in [1.807, 2.05) is 19.3 Å². The number of nitro groups is 1. The van der Waals surface area contributed by atoms with Crippen LogP contribution in [-0.4, -0.2) is 14.7 Å². The zero-order valence-electron chi connectivity index (χ0n) is 9.63. The van der Waals surface area contributed by atoms with Gasteiger partial charge in [-0.1, -0.05) is 15.9 Å². The largest absolute Gasteiger partial charge is 0.374 e. The second-order valence-corrected chi connectivity index (χ2v) is 4.67. The lowest BCUT2D eigenvalue weighted by atomic mass is 10.2. The van der Waals surface area contributed by atoms with Crippen LogP contribution in [0.15, 0.2) is 34.9 Å². The smallest absolute Gasteiger partial charge is 0.293 e. The number of nitrogens with zero attached hydrogens (tertiary/aromatic N) is 3. The minimum atomic E-state index is -0.411. The van der Waals surface area contributed by atoms with E-state index < -0.39 is 4.92 Å². The fourth-order valence-corrected chi connectivity index (χ4v) is 1.90. The average Bonchev–Trinajstić information content (AvgIpc) is 2.73. The summed E-state index contributed by atoms with van der Waals surface area (Å²) >= 11 is 3.22. The molecule has 0 saturated carbocycles. The van der Waals surface area contributed by atoms with E-state index in [0.29, 0.717) is 16.7 Å². The molecule has 1 aromatic carbocycles. The van der Waals surface area contributed by atoms with E-state index in [1.54, 1.807) is 16.8 Å². The topological polar surface area (TPSA) is 73.0 Å². The van der Waals surface area contributed by atoms with Crippen LogP contribution in [0.4, 0.5) is 11.4 Å². The van der Waals surface area contributed by atoms with Crippen LogP contribution in [0.1, 0.15) is 5.69 Å². The number of aromatic nitrogens is 2. The highest BCUT2D eigenvalue weighted by atomic mass is 79.9. The number of rotatable bonds is 4. The van der Waals surface area contributed by atoms with Gasteiger partial charge >= 0.3 is 0 Å². The Morgan fingerprint density at radius 2 is 2.28 bits per heavy atom. The molecule has 1 aromatic heterocycles. The highest BCUT2D eigenvalue weighted by molar-refractivity contribution is 9.10. The number of benzene rings is 1. The Morgan fingerprint density at radius 3 is 2.89 bits per heavy atom. The van der Waals surface area contributed by atoms with Crippen LogP contribution in [0.3, 0.4) is 0 Å². The first-order chi connectivity index (χ1) is 8.56. The fourth-order valence-electron chi connectivity index (χ4n) is 1.55. The summed E-state index contributed by atoms with van der Waals surface area (Å²) in [4.78, 5) is 10.5. The fraction of sp³-hybridized carbons (Fsp3) is 0.182. The van der Waals surface area contributed by atoms with Crippen LogP contribution in [0, 0.1) is 10.1 Å². The summed E-state index contributed by atoms with van der Waals surface area (Å²) in [5.41, 5.74) is 1.35. The number of halogens is 1. The van der Waals surface area contributed by atoms with Crippen molar-refractivity contribution in [3.63, 3.8) is 0 Å². The molecule has 6 nitrogen and oxygen atoms in total. The Labute approximate surface area is 112 Å². The molecule has 7 heteroatoms. The van der Waals surface area contributed by atoms with E-state index in [9.17, 15) is 10.1 Å². The molecular formula is C11H11BrN4O2. The maximum Gasteiger partial charge on any atom is 0.293 e. The molecule has 0 aliphatic heterocycles. The van der Waals surface area contributed by atoms with E-state index in [0.717, 1.165) is 5.69 Å². The molecule has 0 saturated heterocycles. The van der Waals surface area contributed by atoms with Gasteiger partial charge in [-0.3, -0.25) is 14.8 Å². The van der Waals surface area contributed by atoms with Crippen molar-refractivity contribution in [1.82, 2.24) is 9.78 Å². The Hall–Kier alpha value is -1.89. The van der Waals surface area contributed by atoms with Crippen molar-refractivity contribution in [3.05, 3.63) is 50.7 Å². The summed E-state index contributed by atoms with van der Waals surface area (Å²) in [6.07, 6.45) is 1.83. The molecule has 1 heterocycles. The van der Waals surface area contributed by atoms with Crippen molar-refractivity contribution in [1.29, 1.82) is 0 Å². The van der Waals surface area contributed by atoms with Crippen LogP contribution in [0.5, 0.6) is 0 Å². The molecule has 0 aliphatic carbocycles. The lowest BCUT2D eigenvalue weighted by Crippen LogP contribution is -2.03. The van der Waals surface area contributed by atoms with Crippen LogP contribution in [0.25, 0.3) is 0 Å². The van der Waals surface area contributed by atoms with Gasteiger partial charge in [0.15, 0.2) is 0 Å². The third-order valence-corrected chi connectivity index (χ3v) is 2.88. The second-order valence-electron chi connectivity index (χ2n) is 3.75. The van der Waals surface area contributed by atoms with Gasteiger partial charge in [0.25, 0.3) is 5.69 Å². The summed E-state index contributed by atoms with van der Waals surface area (Å²) in [7, 11) is 1.82. The zero-order chi connectivity index (χ0) is 13.1. The molecule has 0 atom stereocenters. The Balaban J connectivity index is 2.16. The first-order valence-corrected chi connectivity index (χ1v) is 6.02. The van der Waals surface area contributed by atoms with Gasteiger partial charge in [-0.2, -0.15) is 5.10 Å². The molecular weight excluding hydrogens is 300 g/mol.